The molecule has 8 heteroatoms. The first-order valence-electron chi connectivity index (χ1n) is 8.94. The third-order valence-electron chi connectivity index (χ3n) is 4.97. The molecule has 3 atom stereocenters. The van der Waals surface area contributed by atoms with E-state index in [0.717, 1.165) is 11.5 Å². The van der Waals surface area contributed by atoms with Gasteiger partial charge in [0.05, 0.1) is 6.04 Å². The normalized spacial score (nSPS) is 25.5. The van der Waals surface area contributed by atoms with Crippen LogP contribution in [0.25, 0.3) is 0 Å². The van der Waals surface area contributed by atoms with E-state index in [2.05, 4.69) is 16.2 Å². The third kappa shape index (κ3) is 3.45. The van der Waals surface area contributed by atoms with E-state index in [-0.39, 0.29) is 17.9 Å². The highest BCUT2D eigenvalue weighted by Gasteiger charge is 2.40. The first kappa shape index (κ1) is 17.7. The van der Waals surface area contributed by atoms with Gasteiger partial charge in [-0.25, -0.2) is 15.2 Å². The molecule has 4 rings (SSSR count). The maximum atomic E-state index is 13.7. The van der Waals surface area contributed by atoms with E-state index in [1.807, 2.05) is 19.1 Å². The Bertz CT molecular complexity index is 868. The van der Waals surface area contributed by atoms with Gasteiger partial charge < -0.3 is 14.6 Å². The largest absolute Gasteiger partial charge is 0.465 e. The summed E-state index contributed by atoms with van der Waals surface area (Å²) in [6, 6.07) is 8.11. The van der Waals surface area contributed by atoms with Crippen LogP contribution < -0.4 is 16.2 Å². The lowest BCUT2D eigenvalue weighted by Crippen LogP contribution is -2.56. The van der Waals surface area contributed by atoms with Crippen LogP contribution in [-0.2, 0) is 9.59 Å². The number of hydrogen-bond donors (Lipinski definition) is 3. The molecule has 2 fully saturated rings. The first-order chi connectivity index (χ1) is 13.0. The zero-order chi connectivity index (χ0) is 19.0. The van der Waals surface area contributed by atoms with Crippen LogP contribution in [0.3, 0.4) is 0 Å². The molecule has 2 aliphatic heterocycles. The Morgan fingerprint density at radius 3 is 2.85 bits per heavy atom. The van der Waals surface area contributed by atoms with E-state index in [9.17, 15) is 14.0 Å². The van der Waals surface area contributed by atoms with Crippen molar-refractivity contribution in [2.24, 2.45) is 0 Å². The van der Waals surface area contributed by atoms with Gasteiger partial charge in [-0.2, -0.15) is 0 Å². The van der Waals surface area contributed by atoms with Crippen molar-refractivity contribution >= 4 is 11.8 Å². The molecular weight excluding hydrogens is 351 g/mol. The van der Waals surface area contributed by atoms with Crippen LogP contribution in [-0.4, -0.2) is 35.8 Å². The van der Waals surface area contributed by atoms with Crippen LogP contribution in [0.15, 0.2) is 40.8 Å². The molecule has 7 nitrogen and oxygen atoms in total. The lowest BCUT2D eigenvalue weighted by molar-refractivity contribution is -0.144. The number of rotatable bonds is 3. The average Bonchev–Trinajstić information content (AvgIpc) is 3.30. The molecule has 2 aromatic rings. The molecule has 142 valence electrons. The number of carbonyl (C=O) groups excluding carboxylic acids is 2. The molecule has 0 bridgehead atoms. The topological polar surface area (TPSA) is 86.6 Å². The number of nitrogens with one attached hydrogen (secondary N) is 3. The van der Waals surface area contributed by atoms with Crippen LogP contribution in [0, 0.1) is 12.7 Å². The Morgan fingerprint density at radius 1 is 1.26 bits per heavy atom. The highest BCUT2D eigenvalue weighted by Crippen LogP contribution is 2.29. The van der Waals surface area contributed by atoms with Crippen LogP contribution in [0.5, 0.6) is 0 Å². The summed E-state index contributed by atoms with van der Waals surface area (Å²) in [6.45, 7) is 2.61. The zero-order valence-corrected chi connectivity index (χ0v) is 14.9. The molecule has 3 heterocycles. The van der Waals surface area contributed by atoms with Crippen molar-refractivity contribution in [1.29, 1.82) is 0 Å². The summed E-state index contributed by atoms with van der Waals surface area (Å²) in [5.41, 5.74) is 6.54. The number of amides is 2. The lowest BCUT2D eigenvalue weighted by Gasteiger charge is -2.36. The van der Waals surface area contributed by atoms with Gasteiger partial charge in [-0.3, -0.25) is 9.59 Å². The van der Waals surface area contributed by atoms with Gasteiger partial charge >= 0.3 is 0 Å². The van der Waals surface area contributed by atoms with Gasteiger partial charge in [0.1, 0.15) is 29.4 Å². The fourth-order valence-electron chi connectivity index (χ4n) is 3.66. The first-order valence-corrected chi connectivity index (χ1v) is 8.94. The predicted octanol–water partition coefficient (Wildman–Crippen LogP) is 1.33. The minimum absolute atomic E-state index is 0.126. The predicted molar refractivity (Wildman–Crippen MR) is 94.7 cm³/mol. The molecule has 1 aromatic heterocycles. The molecule has 1 aromatic carbocycles. The number of benzene rings is 1. The number of aryl methyl sites for hydroxylation is 1. The Balaban J connectivity index is 1.53. The van der Waals surface area contributed by atoms with Gasteiger partial charge in [0.2, 0.25) is 11.8 Å². The average molecular weight is 372 g/mol. The number of carbonyl (C=O) groups is 2. The Labute approximate surface area is 155 Å². The number of piperazine rings is 1. The van der Waals surface area contributed by atoms with Gasteiger partial charge in [-0.05, 0) is 43.2 Å². The van der Waals surface area contributed by atoms with E-state index in [0.29, 0.717) is 25.1 Å². The molecule has 2 saturated heterocycles. The molecule has 2 aliphatic rings. The summed E-state index contributed by atoms with van der Waals surface area (Å²) < 4.78 is 19.3. The SMILES string of the molecule is Cc1ccc(C2CC(C(=O)N3CCNC(=O)C3c3cccc(F)c3)NN2)o1. The summed E-state index contributed by atoms with van der Waals surface area (Å²) in [4.78, 5) is 27.1. The van der Waals surface area contributed by atoms with Crippen LogP contribution in [0.2, 0.25) is 0 Å². The molecule has 0 aliphatic carbocycles. The summed E-state index contributed by atoms with van der Waals surface area (Å²) in [7, 11) is 0. The van der Waals surface area contributed by atoms with E-state index in [1.165, 1.54) is 17.0 Å². The van der Waals surface area contributed by atoms with E-state index in [1.54, 1.807) is 12.1 Å². The van der Waals surface area contributed by atoms with Gasteiger partial charge in [0.25, 0.3) is 0 Å². The maximum absolute atomic E-state index is 13.7. The maximum Gasteiger partial charge on any atom is 0.247 e. The van der Waals surface area contributed by atoms with Crippen molar-refractivity contribution in [2.75, 3.05) is 13.1 Å². The molecule has 0 spiro atoms. The second-order valence-electron chi connectivity index (χ2n) is 6.86. The Kier molecular flexibility index (Phi) is 4.67. The third-order valence-corrected chi connectivity index (χ3v) is 4.97. The van der Waals surface area contributed by atoms with E-state index < -0.39 is 17.9 Å². The van der Waals surface area contributed by atoms with Crippen molar-refractivity contribution in [3.63, 3.8) is 0 Å². The minimum Gasteiger partial charge on any atom is -0.465 e. The van der Waals surface area contributed by atoms with Gasteiger partial charge in [-0.1, -0.05) is 12.1 Å². The number of hydrogen-bond acceptors (Lipinski definition) is 5. The number of furan rings is 1. The minimum atomic E-state index is -0.839. The number of halogens is 1. The lowest BCUT2D eigenvalue weighted by atomic mass is 10.00. The Morgan fingerprint density at radius 2 is 2.11 bits per heavy atom. The van der Waals surface area contributed by atoms with Gasteiger partial charge in [0.15, 0.2) is 0 Å². The van der Waals surface area contributed by atoms with Crippen LogP contribution in [0.4, 0.5) is 4.39 Å². The summed E-state index contributed by atoms with van der Waals surface area (Å²) in [6.07, 6.45) is 0.500. The van der Waals surface area contributed by atoms with E-state index >= 15 is 0 Å². The fourth-order valence-corrected chi connectivity index (χ4v) is 3.66. The van der Waals surface area contributed by atoms with Crippen molar-refractivity contribution in [3.8, 4) is 0 Å². The number of hydrazine groups is 1. The molecule has 27 heavy (non-hydrogen) atoms. The molecule has 2 amide bonds. The second kappa shape index (κ2) is 7.13. The van der Waals surface area contributed by atoms with Crippen molar-refractivity contribution in [2.45, 2.75) is 31.5 Å². The highest BCUT2D eigenvalue weighted by molar-refractivity contribution is 5.91. The van der Waals surface area contributed by atoms with Crippen molar-refractivity contribution < 1.29 is 18.4 Å². The molecule has 3 N–H and O–H groups in total. The molecular formula is C19H21FN4O3. The standard InChI is InChI=1S/C19H21FN4O3/c1-11-5-6-16(27-11)14-10-15(23-22-14)19(26)24-8-7-21-18(25)17(24)12-3-2-4-13(20)9-12/h2-6,9,14-15,17,22-23H,7-8,10H2,1H3,(H,21,25). The summed E-state index contributed by atoms with van der Waals surface area (Å²) in [5, 5.41) is 2.76. The second-order valence-corrected chi connectivity index (χ2v) is 6.86. The number of nitrogens with zero attached hydrogens (tertiary/aromatic N) is 1. The monoisotopic (exact) mass is 372 g/mol. The summed E-state index contributed by atoms with van der Waals surface area (Å²) in [5.74, 6) is 0.628. The van der Waals surface area contributed by atoms with E-state index in [4.69, 9.17) is 4.42 Å². The van der Waals surface area contributed by atoms with Crippen LogP contribution >= 0.6 is 0 Å². The van der Waals surface area contributed by atoms with Crippen molar-refractivity contribution in [3.05, 3.63) is 59.3 Å². The Hall–Kier alpha value is -2.71. The molecule has 0 saturated carbocycles. The zero-order valence-electron chi connectivity index (χ0n) is 14.9. The van der Waals surface area contributed by atoms with Crippen molar-refractivity contribution in [1.82, 2.24) is 21.1 Å². The quantitative estimate of drug-likeness (QED) is 0.757. The fraction of sp³-hybridized carbons (Fsp3) is 0.368. The van der Waals surface area contributed by atoms with Gasteiger partial charge in [-0.15, -0.1) is 0 Å². The summed E-state index contributed by atoms with van der Waals surface area (Å²) >= 11 is 0. The smallest absolute Gasteiger partial charge is 0.247 e. The highest BCUT2D eigenvalue weighted by atomic mass is 19.1. The van der Waals surface area contributed by atoms with Crippen LogP contribution in [0.1, 0.15) is 35.6 Å². The van der Waals surface area contributed by atoms with Gasteiger partial charge in [0, 0.05) is 13.1 Å². The molecule has 0 radical (unpaired) electrons. The molecule has 3 unspecified atom stereocenters.